The SMILES string of the molecule is CC1(C)C2C[C@H]3OB([C@H](CC4CCC4)C(F)(F)F)O[C@@]3(C)[C@H]1C2. The average Bonchev–Trinajstić information content (AvgIpc) is 2.71. The van der Waals surface area contributed by atoms with Crippen LogP contribution in [0.25, 0.3) is 0 Å². The molecule has 5 rings (SSSR count). The molecule has 23 heavy (non-hydrogen) atoms. The highest BCUT2D eigenvalue weighted by Crippen LogP contribution is 2.66. The van der Waals surface area contributed by atoms with Gasteiger partial charge in [-0.2, -0.15) is 13.2 Å². The smallest absolute Gasteiger partial charge is 0.405 e. The first-order valence-corrected chi connectivity index (χ1v) is 9.02. The lowest BCUT2D eigenvalue weighted by Gasteiger charge is -2.64. The quantitative estimate of drug-likeness (QED) is 0.690. The number of rotatable bonds is 3. The van der Waals surface area contributed by atoms with Crippen LogP contribution in [0.5, 0.6) is 0 Å². The van der Waals surface area contributed by atoms with E-state index in [1.54, 1.807) is 0 Å². The molecule has 4 saturated carbocycles. The van der Waals surface area contributed by atoms with Gasteiger partial charge in [-0.3, -0.25) is 0 Å². The van der Waals surface area contributed by atoms with Gasteiger partial charge in [-0.1, -0.05) is 33.1 Å². The van der Waals surface area contributed by atoms with E-state index in [-0.39, 0.29) is 23.9 Å². The molecule has 4 aliphatic carbocycles. The van der Waals surface area contributed by atoms with Crippen molar-refractivity contribution < 1.29 is 22.5 Å². The second-order valence-corrected chi connectivity index (χ2v) is 9.02. The van der Waals surface area contributed by atoms with Crippen LogP contribution in [0.3, 0.4) is 0 Å². The van der Waals surface area contributed by atoms with Gasteiger partial charge in [0.2, 0.25) is 0 Å². The lowest BCUT2D eigenvalue weighted by molar-refractivity contribution is -0.200. The molecule has 0 N–H and O–H groups in total. The van der Waals surface area contributed by atoms with Gasteiger partial charge in [-0.15, -0.1) is 0 Å². The standard InChI is InChI=1S/C17H26BF3O2/c1-15(2)11-8-12(15)16(3)14(9-11)22-18(23-16)13(17(19,20)21)7-10-5-4-6-10/h10-14H,4-9H2,1-3H3/t11?,12-,13+,14+,16-/m0/s1. The zero-order valence-corrected chi connectivity index (χ0v) is 14.2. The highest BCUT2D eigenvalue weighted by atomic mass is 19.4. The van der Waals surface area contributed by atoms with Gasteiger partial charge in [0.1, 0.15) is 0 Å². The third-order valence-corrected chi connectivity index (χ3v) is 7.53. The van der Waals surface area contributed by atoms with Crippen LogP contribution in [0.15, 0.2) is 0 Å². The molecule has 2 nitrogen and oxygen atoms in total. The van der Waals surface area contributed by atoms with E-state index in [0.717, 1.165) is 32.1 Å². The van der Waals surface area contributed by atoms with Crippen molar-refractivity contribution in [1.82, 2.24) is 0 Å². The van der Waals surface area contributed by atoms with E-state index in [4.69, 9.17) is 9.31 Å². The van der Waals surface area contributed by atoms with Crippen LogP contribution in [-0.2, 0) is 9.31 Å². The maximum absolute atomic E-state index is 13.6. The fraction of sp³-hybridized carbons (Fsp3) is 1.00. The van der Waals surface area contributed by atoms with Crippen LogP contribution in [0.2, 0.25) is 5.82 Å². The molecule has 130 valence electrons. The predicted octanol–water partition coefficient (Wildman–Crippen LogP) is 4.84. The molecule has 0 aromatic heterocycles. The van der Waals surface area contributed by atoms with E-state index in [1.165, 1.54) is 0 Å². The summed E-state index contributed by atoms with van der Waals surface area (Å²) in [6.45, 7) is 6.43. The predicted molar refractivity (Wildman–Crippen MR) is 81.9 cm³/mol. The van der Waals surface area contributed by atoms with E-state index >= 15 is 0 Å². The Morgan fingerprint density at radius 3 is 2.39 bits per heavy atom. The van der Waals surface area contributed by atoms with Crippen LogP contribution in [0.1, 0.15) is 59.3 Å². The first-order valence-electron chi connectivity index (χ1n) is 9.02. The Morgan fingerprint density at radius 2 is 1.87 bits per heavy atom. The van der Waals surface area contributed by atoms with E-state index in [2.05, 4.69) is 13.8 Å². The highest BCUT2D eigenvalue weighted by Gasteiger charge is 2.70. The molecule has 0 amide bonds. The molecular formula is C17H26BF3O2. The van der Waals surface area contributed by atoms with Gasteiger partial charge in [0, 0.05) is 0 Å². The summed E-state index contributed by atoms with van der Waals surface area (Å²) in [6, 6.07) is 0. The van der Waals surface area contributed by atoms with Crippen molar-refractivity contribution in [3.05, 3.63) is 0 Å². The normalized spacial score (nSPS) is 43.6. The number of hydrogen-bond donors (Lipinski definition) is 0. The summed E-state index contributed by atoms with van der Waals surface area (Å²) in [5, 5.41) is 0. The summed E-state index contributed by atoms with van der Waals surface area (Å²) in [7, 11) is -1.11. The third-order valence-electron chi connectivity index (χ3n) is 7.53. The second-order valence-electron chi connectivity index (χ2n) is 9.02. The summed E-state index contributed by atoms with van der Waals surface area (Å²) < 4.78 is 52.7. The summed E-state index contributed by atoms with van der Waals surface area (Å²) in [5.74, 6) is -0.421. The van der Waals surface area contributed by atoms with Crippen molar-refractivity contribution in [2.24, 2.45) is 23.2 Å². The fourth-order valence-corrected chi connectivity index (χ4v) is 5.56. The van der Waals surface area contributed by atoms with Gasteiger partial charge >= 0.3 is 13.3 Å². The molecule has 1 saturated heterocycles. The molecule has 1 unspecified atom stereocenters. The van der Waals surface area contributed by atoms with Crippen molar-refractivity contribution in [1.29, 1.82) is 0 Å². The maximum Gasteiger partial charge on any atom is 0.470 e. The number of halogens is 3. The van der Waals surface area contributed by atoms with Crippen LogP contribution in [0, 0.1) is 23.2 Å². The van der Waals surface area contributed by atoms with Crippen molar-refractivity contribution in [3.63, 3.8) is 0 Å². The Kier molecular flexibility index (Phi) is 3.47. The van der Waals surface area contributed by atoms with Crippen molar-refractivity contribution in [2.75, 3.05) is 0 Å². The number of alkyl halides is 3. The van der Waals surface area contributed by atoms with Crippen molar-refractivity contribution >= 4 is 7.12 Å². The van der Waals surface area contributed by atoms with Crippen LogP contribution in [0.4, 0.5) is 13.2 Å². The van der Waals surface area contributed by atoms with Gasteiger partial charge in [0.15, 0.2) is 0 Å². The summed E-state index contributed by atoms with van der Waals surface area (Å²) in [5.41, 5.74) is -0.392. The van der Waals surface area contributed by atoms with Gasteiger partial charge in [0.25, 0.3) is 0 Å². The zero-order chi connectivity index (χ0) is 16.6. The van der Waals surface area contributed by atoms with Crippen molar-refractivity contribution in [3.8, 4) is 0 Å². The first-order chi connectivity index (χ1) is 10.6. The topological polar surface area (TPSA) is 18.5 Å². The van der Waals surface area contributed by atoms with E-state index in [9.17, 15) is 13.2 Å². The summed E-state index contributed by atoms with van der Waals surface area (Å²) >= 11 is 0. The maximum atomic E-state index is 13.6. The number of hydrogen-bond acceptors (Lipinski definition) is 2. The molecule has 5 aliphatic rings. The van der Waals surface area contributed by atoms with Crippen LogP contribution >= 0.6 is 0 Å². The monoisotopic (exact) mass is 330 g/mol. The molecule has 1 aliphatic heterocycles. The second kappa shape index (κ2) is 4.90. The highest BCUT2D eigenvalue weighted by molar-refractivity contribution is 6.47. The fourth-order valence-electron chi connectivity index (χ4n) is 5.56. The zero-order valence-electron chi connectivity index (χ0n) is 14.2. The van der Waals surface area contributed by atoms with Gasteiger partial charge in [-0.25, -0.2) is 0 Å². The molecule has 2 bridgehead atoms. The Morgan fingerprint density at radius 1 is 1.17 bits per heavy atom. The Balaban J connectivity index is 1.54. The van der Waals surface area contributed by atoms with E-state index in [1.807, 2.05) is 6.92 Å². The molecule has 6 heteroatoms. The third kappa shape index (κ3) is 2.31. The minimum Gasteiger partial charge on any atom is -0.405 e. The lowest BCUT2D eigenvalue weighted by atomic mass is 9.43. The summed E-state index contributed by atoms with van der Waals surface area (Å²) in [4.78, 5) is 0. The first kappa shape index (κ1) is 16.3. The largest absolute Gasteiger partial charge is 0.470 e. The van der Waals surface area contributed by atoms with Crippen LogP contribution < -0.4 is 0 Å². The molecule has 0 aromatic carbocycles. The molecule has 0 radical (unpaired) electrons. The van der Waals surface area contributed by atoms with Crippen molar-refractivity contribution in [2.45, 2.75) is 83.0 Å². The van der Waals surface area contributed by atoms with Gasteiger partial charge in [-0.05, 0) is 49.4 Å². The molecule has 0 aromatic rings. The minimum absolute atomic E-state index is 0.158. The molecule has 5 atom stereocenters. The average molecular weight is 330 g/mol. The Hall–Kier alpha value is -0.225. The molecule has 0 spiro atoms. The van der Waals surface area contributed by atoms with Gasteiger partial charge in [0.05, 0.1) is 17.5 Å². The minimum atomic E-state index is -4.25. The Bertz CT molecular complexity index is 491. The van der Waals surface area contributed by atoms with Gasteiger partial charge < -0.3 is 9.31 Å². The molecule has 1 heterocycles. The Labute approximate surface area is 136 Å². The molecule has 5 fully saturated rings. The summed E-state index contributed by atoms with van der Waals surface area (Å²) in [6.07, 6.45) is 0.530. The molecular weight excluding hydrogens is 304 g/mol. The van der Waals surface area contributed by atoms with E-state index in [0.29, 0.717) is 11.8 Å². The van der Waals surface area contributed by atoms with E-state index < -0.39 is 24.7 Å². The van der Waals surface area contributed by atoms with Crippen LogP contribution in [-0.4, -0.2) is 25.0 Å². The lowest BCUT2D eigenvalue weighted by Crippen LogP contribution is -2.65.